The molecule has 2 rings (SSSR count). The SMILES string of the molecule is O=C(Nc1ccccc1)C(=O)N1CCC(C(=O)O)CC1. The van der Waals surface area contributed by atoms with Crippen molar-refractivity contribution in [2.75, 3.05) is 18.4 Å². The van der Waals surface area contributed by atoms with Crippen LogP contribution in [0.1, 0.15) is 12.8 Å². The van der Waals surface area contributed by atoms with Gasteiger partial charge in [0, 0.05) is 18.8 Å². The number of carboxylic acid groups (broad SMARTS) is 1. The second-order valence-electron chi connectivity index (χ2n) is 4.72. The quantitative estimate of drug-likeness (QED) is 0.787. The highest BCUT2D eigenvalue weighted by Crippen LogP contribution is 2.17. The molecule has 1 heterocycles. The molecule has 1 aliphatic heterocycles. The Labute approximate surface area is 116 Å². The molecule has 2 amide bonds. The van der Waals surface area contributed by atoms with Gasteiger partial charge in [-0.3, -0.25) is 14.4 Å². The predicted octanol–water partition coefficient (Wildman–Crippen LogP) is 0.948. The first-order valence-corrected chi connectivity index (χ1v) is 6.46. The molecule has 0 radical (unpaired) electrons. The molecule has 20 heavy (non-hydrogen) atoms. The van der Waals surface area contributed by atoms with E-state index in [1.807, 2.05) is 6.07 Å². The maximum absolute atomic E-state index is 11.9. The summed E-state index contributed by atoms with van der Waals surface area (Å²) in [6, 6.07) is 8.73. The van der Waals surface area contributed by atoms with E-state index in [2.05, 4.69) is 5.32 Å². The summed E-state index contributed by atoms with van der Waals surface area (Å²) in [5.41, 5.74) is 0.561. The van der Waals surface area contributed by atoms with Gasteiger partial charge in [-0.2, -0.15) is 0 Å². The number of nitrogens with one attached hydrogen (secondary N) is 1. The minimum atomic E-state index is -0.842. The lowest BCUT2D eigenvalue weighted by Gasteiger charge is -2.29. The van der Waals surface area contributed by atoms with Crippen LogP contribution in [0, 0.1) is 5.92 Å². The molecule has 1 fully saturated rings. The Morgan fingerprint density at radius 2 is 1.70 bits per heavy atom. The monoisotopic (exact) mass is 276 g/mol. The average molecular weight is 276 g/mol. The lowest BCUT2D eigenvalue weighted by atomic mass is 9.97. The van der Waals surface area contributed by atoms with Crippen molar-refractivity contribution in [2.24, 2.45) is 5.92 Å². The lowest BCUT2D eigenvalue weighted by molar-refractivity contribution is -0.148. The van der Waals surface area contributed by atoms with Gasteiger partial charge in [0.15, 0.2) is 0 Å². The molecule has 6 nitrogen and oxygen atoms in total. The van der Waals surface area contributed by atoms with E-state index < -0.39 is 23.7 Å². The number of hydrogen-bond acceptors (Lipinski definition) is 3. The van der Waals surface area contributed by atoms with Gasteiger partial charge in [-0.25, -0.2) is 0 Å². The number of amides is 2. The van der Waals surface area contributed by atoms with E-state index in [0.29, 0.717) is 31.6 Å². The topological polar surface area (TPSA) is 86.7 Å². The summed E-state index contributed by atoms with van der Waals surface area (Å²) in [7, 11) is 0. The van der Waals surface area contributed by atoms with E-state index in [1.165, 1.54) is 4.90 Å². The Bertz CT molecular complexity index is 507. The van der Waals surface area contributed by atoms with Gasteiger partial charge in [-0.15, -0.1) is 0 Å². The van der Waals surface area contributed by atoms with E-state index in [-0.39, 0.29) is 0 Å². The number of likely N-dealkylation sites (tertiary alicyclic amines) is 1. The third-order valence-electron chi connectivity index (χ3n) is 3.36. The molecule has 0 atom stereocenters. The van der Waals surface area contributed by atoms with E-state index >= 15 is 0 Å². The summed E-state index contributed by atoms with van der Waals surface area (Å²) in [6.07, 6.45) is 0.777. The van der Waals surface area contributed by atoms with Gasteiger partial charge in [-0.1, -0.05) is 18.2 Å². The number of piperidine rings is 1. The maximum Gasteiger partial charge on any atom is 0.313 e. The molecule has 0 aliphatic carbocycles. The molecule has 6 heteroatoms. The van der Waals surface area contributed by atoms with Gasteiger partial charge >= 0.3 is 17.8 Å². The molecule has 2 N–H and O–H groups in total. The zero-order chi connectivity index (χ0) is 14.5. The van der Waals surface area contributed by atoms with Crippen LogP contribution in [0.15, 0.2) is 30.3 Å². The Hall–Kier alpha value is -2.37. The standard InChI is InChI=1S/C14H16N2O4/c17-12(15-11-4-2-1-3-5-11)13(18)16-8-6-10(7-9-16)14(19)20/h1-5,10H,6-9H2,(H,15,17)(H,19,20). The molecule has 0 spiro atoms. The summed E-state index contributed by atoms with van der Waals surface area (Å²) in [6.45, 7) is 0.607. The summed E-state index contributed by atoms with van der Waals surface area (Å²) < 4.78 is 0. The number of carboxylic acids is 1. The van der Waals surface area contributed by atoms with Crippen LogP contribution in [0.2, 0.25) is 0 Å². The van der Waals surface area contributed by atoms with Gasteiger partial charge in [0.25, 0.3) is 0 Å². The van der Waals surface area contributed by atoms with E-state index in [4.69, 9.17) is 5.11 Å². The molecule has 0 unspecified atom stereocenters. The first-order valence-electron chi connectivity index (χ1n) is 6.46. The number of benzene rings is 1. The van der Waals surface area contributed by atoms with Gasteiger partial charge in [0.1, 0.15) is 0 Å². The van der Waals surface area contributed by atoms with Crippen LogP contribution in [0.25, 0.3) is 0 Å². The number of carbonyl (C=O) groups is 3. The highest BCUT2D eigenvalue weighted by atomic mass is 16.4. The normalized spacial score (nSPS) is 15.7. The third-order valence-corrected chi connectivity index (χ3v) is 3.36. The van der Waals surface area contributed by atoms with Crippen molar-refractivity contribution in [2.45, 2.75) is 12.8 Å². The lowest BCUT2D eigenvalue weighted by Crippen LogP contribution is -2.45. The second-order valence-corrected chi connectivity index (χ2v) is 4.72. The molecule has 0 saturated carbocycles. The summed E-state index contributed by atoms with van der Waals surface area (Å²) in [5, 5.41) is 11.4. The van der Waals surface area contributed by atoms with Crippen molar-refractivity contribution in [3.05, 3.63) is 30.3 Å². The molecular formula is C14H16N2O4. The zero-order valence-corrected chi connectivity index (χ0v) is 10.9. The van der Waals surface area contributed by atoms with Crippen molar-refractivity contribution in [1.82, 2.24) is 4.90 Å². The van der Waals surface area contributed by atoms with Crippen molar-refractivity contribution < 1.29 is 19.5 Å². The summed E-state index contributed by atoms with van der Waals surface area (Å²) >= 11 is 0. The zero-order valence-electron chi connectivity index (χ0n) is 10.9. The van der Waals surface area contributed by atoms with Gasteiger partial charge < -0.3 is 15.3 Å². The molecule has 106 valence electrons. The van der Waals surface area contributed by atoms with Crippen molar-refractivity contribution in [3.63, 3.8) is 0 Å². The molecular weight excluding hydrogens is 260 g/mol. The number of anilines is 1. The number of carbonyl (C=O) groups excluding carboxylic acids is 2. The molecule has 1 aromatic rings. The minimum Gasteiger partial charge on any atom is -0.481 e. The highest BCUT2D eigenvalue weighted by molar-refractivity contribution is 6.39. The first kappa shape index (κ1) is 14.0. The van der Waals surface area contributed by atoms with Crippen LogP contribution in [-0.4, -0.2) is 40.9 Å². The highest BCUT2D eigenvalue weighted by Gasteiger charge is 2.29. The fourth-order valence-corrected chi connectivity index (χ4v) is 2.18. The number of rotatable bonds is 2. The fourth-order valence-electron chi connectivity index (χ4n) is 2.18. The van der Waals surface area contributed by atoms with Crippen LogP contribution in [0.3, 0.4) is 0 Å². The van der Waals surface area contributed by atoms with E-state index in [9.17, 15) is 14.4 Å². The fraction of sp³-hybridized carbons (Fsp3) is 0.357. The first-order chi connectivity index (χ1) is 9.58. The van der Waals surface area contributed by atoms with Crippen LogP contribution in [0.4, 0.5) is 5.69 Å². The molecule has 1 aliphatic rings. The van der Waals surface area contributed by atoms with Gasteiger partial charge in [0.05, 0.1) is 5.92 Å². The second kappa shape index (κ2) is 6.18. The van der Waals surface area contributed by atoms with Gasteiger partial charge in [-0.05, 0) is 25.0 Å². The Kier molecular flexibility index (Phi) is 4.34. The predicted molar refractivity (Wildman–Crippen MR) is 72.0 cm³/mol. The Balaban J connectivity index is 1.89. The van der Waals surface area contributed by atoms with E-state index in [1.54, 1.807) is 24.3 Å². The molecule has 0 aromatic heterocycles. The third kappa shape index (κ3) is 3.34. The van der Waals surface area contributed by atoms with Crippen LogP contribution in [0.5, 0.6) is 0 Å². The smallest absolute Gasteiger partial charge is 0.313 e. The molecule has 1 saturated heterocycles. The van der Waals surface area contributed by atoms with Crippen molar-refractivity contribution >= 4 is 23.5 Å². The summed E-state index contributed by atoms with van der Waals surface area (Å²) in [4.78, 5) is 36.0. The number of nitrogens with zero attached hydrogens (tertiary/aromatic N) is 1. The molecule has 1 aromatic carbocycles. The Morgan fingerprint density at radius 1 is 1.10 bits per heavy atom. The number of hydrogen-bond donors (Lipinski definition) is 2. The Morgan fingerprint density at radius 3 is 2.25 bits per heavy atom. The average Bonchev–Trinajstić information content (AvgIpc) is 2.47. The largest absolute Gasteiger partial charge is 0.481 e. The summed E-state index contributed by atoms with van der Waals surface area (Å²) in [5.74, 6) is -2.57. The minimum absolute atomic E-state index is 0.304. The van der Waals surface area contributed by atoms with Crippen LogP contribution >= 0.6 is 0 Å². The van der Waals surface area contributed by atoms with Crippen molar-refractivity contribution in [1.29, 1.82) is 0 Å². The molecule has 0 bridgehead atoms. The number of para-hydroxylation sites is 1. The van der Waals surface area contributed by atoms with Crippen LogP contribution < -0.4 is 5.32 Å². The van der Waals surface area contributed by atoms with Crippen LogP contribution in [-0.2, 0) is 14.4 Å². The number of aliphatic carboxylic acids is 1. The van der Waals surface area contributed by atoms with E-state index in [0.717, 1.165) is 0 Å². The maximum atomic E-state index is 11.9. The van der Waals surface area contributed by atoms with Gasteiger partial charge in [0.2, 0.25) is 0 Å². The van der Waals surface area contributed by atoms with Crippen molar-refractivity contribution in [3.8, 4) is 0 Å².